The van der Waals surface area contributed by atoms with E-state index in [0.29, 0.717) is 29.0 Å². The van der Waals surface area contributed by atoms with Crippen LogP contribution in [-0.4, -0.2) is 45.2 Å². The van der Waals surface area contributed by atoms with Gasteiger partial charge in [-0.3, -0.25) is 20.4 Å². The number of ether oxygens (including phenoxy) is 3. The average Bonchev–Trinajstić information content (AvgIpc) is 2.86. The molecular formula is C25H32N2O6. The van der Waals surface area contributed by atoms with Gasteiger partial charge in [-0.2, -0.15) is 0 Å². The van der Waals surface area contributed by atoms with Crippen molar-refractivity contribution in [2.45, 2.75) is 38.5 Å². The molecule has 8 heteroatoms. The van der Waals surface area contributed by atoms with Gasteiger partial charge < -0.3 is 14.2 Å². The summed E-state index contributed by atoms with van der Waals surface area (Å²) in [5.41, 5.74) is 5.74. The highest BCUT2D eigenvalue weighted by Gasteiger charge is 2.11. The summed E-state index contributed by atoms with van der Waals surface area (Å²) < 4.78 is 15.4. The fourth-order valence-corrected chi connectivity index (χ4v) is 3.08. The SMILES string of the molecule is COCCCCCCCCOc1ccc(C(=O)NNC(=O)c2ccc(C(=O)OC)cc2)cc1. The van der Waals surface area contributed by atoms with E-state index in [1.54, 1.807) is 31.4 Å². The number of carbonyl (C=O) groups is 3. The number of hydrazine groups is 1. The number of amides is 2. The predicted molar refractivity (Wildman–Crippen MR) is 124 cm³/mol. The highest BCUT2D eigenvalue weighted by molar-refractivity contribution is 5.99. The molecule has 0 saturated carbocycles. The number of nitrogens with one attached hydrogen (secondary N) is 2. The van der Waals surface area contributed by atoms with Crippen LogP contribution in [-0.2, 0) is 9.47 Å². The molecule has 8 nitrogen and oxygen atoms in total. The zero-order valence-electron chi connectivity index (χ0n) is 19.2. The Bertz CT molecular complexity index is 881. The maximum absolute atomic E-state index is 12.3. The van der Waals surface area contributed by atoms with Gasteiger partial charge in [0.25, 0.3) is 11.8 Å². The number of rotatable bonds is 13. The van der Waals surface area contributed by atoms with E-state index in [0.717, 1.165) is 25.9 Å². The maximum Gasteiger partial charge on any atom is 0.337 e. The molecule has 178 valence electrons. The summed E-state index contributed by atoms with van der Waals surface area (Å²) in [6.45, 7) is 1.46. The first-order valence-electron chi connectivity index (χ1n) is 11.1. The summed E-state index contributed by atoms with van der Waals surface area (Å²) in [7, 11) is 3.01. The molecule has 0 aliphatic carbocycles. The fourth-order valence-electron chi connectivity index (χ4n) is 3.08. The molecule has 2 amide bonds. The topological polar surface area (TPSA) is 103 Å². The molecule has 2 aromatic carbocycles. The number of methoxy groups -OCH3 is 2. The minimum atomic E-state index is -0.501. The number of hydrogen-bond donors (Lipinski definition) is 2. The molecule has 33 heavy (non-hydrogen) atoms. The second-order valence-corrected chi connectivity index (χ2v) is 7.46. The first-order valence-corrected chi connectivity index (χ1v) is 11.1. The molecule has 0 bridgehead atoms. The Kier molecular flexibility index (Phi) is 11.5. The van der Waals surface area contributed by atoms with Crippen LogP contribution in [0.1, 0.15) is 69.6 Å². The van der Waals surface area contributed by atoms with Crippen molar-refractivity contribution in [3.05, 3.63) is 65.2 Å². The molecule has 0 fully saturated rings. The normalized spacial score (nSPS) is 10.4. The van der Waals surface area contributed by atoms with Gasteiger partial charge in [-0.1, -0.05) is 25.7 Å². The Labute approximate surface area is 194 Å². The van der Waals surface area contributed by atoms with Gasteiger partial charge in [-0.15, -0.1) is 0 Å². The lowest BCUT2D eigenvalue weighted by atomic mass is 10.1. The van der Waals surface area contributed by atoms with Crippen LogP contribution in [0.15, 0.2) is 48.5 Å². The first kappa shape index (κ1) is 25.9. The number of unbranched alkanes of at least 4 members (excludes halogenated alkanes) is 5. The Balaban J connectivity index is 1.68. The van der Waals surface area contributed by atoms with Gasteiger partial charge in [0.2, 0.25) is 0 Å². The number of hydrogen-bond acceptors (Lipinski definition) is 6. The monoisotopic (exact) mass is 456 g/mol. The lowest BCUT2D eigenvalue weighted by Crippen LogP contribution is -2.41. The third kappa shape index (κ3) is 9.33. The smallest absolute Gasteiger partial charge is 0.337 e. The molecule has 0 saturated heterocycles. The molecule has 0 aliphatic heterocycles. The van der Waals surface area contributed by atoms with Crippen LogP contribution >= 0.6 is 0 Å². The highest BCUT2D eigenvalue weighted by atomic mass is 16.5. The quantitative estimate of drug-likeness (QED) is 0.269. The second kappa shape index (κ2) is 14.6. The zero-order valence-corrected chi connectivity index (χ0v) is 19.2. The minimum Gasteiger partial charge on any atom is -0.494 e. The molecular weight excluding hydrogens is 424 g/mol. The Hall–Kier alpha value is -3.39. The largest absolute Gasteiger partial charge is 0.494 e. The molecule has 0 spiro atoms. The zero-order chi connectivity index (χ0) is 23.9. The Morgan fingerprint density at radius 3 is 1.61 bits per heavy atom. The molecule has 0 unspecified atom stereocenters. The van der Waals surface area contributed by atoms with Crippen molar-refractivity contribution in [2.24, 2.45) is 0 Å². The number of esters is 1. The third-order valence-corrected chi connectivity index (χ3v) is 4.99. The van der Waals surface area contributed by atoms with E-state index in [-0.39, 0.29) is 0 Å². The van der Waals surface area contributed by atoms with Crippen LogP contribution in [0.5, 0.6) is 5.75 Å². The predicted octanol–water partition coefficient (Wildman–Crippen LogP) is 3.91. The Morgan fingerprint density at radius 2 is 1.09 bits per heavy atom. The number of benzene rings is 2. The van der Waals surface area contributed by atoms with Crippen LogP contribution in [0.4, 0.5) is 0 Å². The van der Waals surface area contributed by atoms with Gasteiger partial charge in [-0.25, -0.2) is 4.79 Å². The average molecular weight is 457 g/mol. The van der Waals surface area contributed by atoms with Crippen molar-refractivity contribution in [3.8, 4) is 5.75 Å². The van der Waals surface area contributed by atoms with Gasteiger partial charge in [0.1, 0.15) is 5.75 Å². The summed E-state index contributed by atoms with van der Waals surface area (Å²) in [4.78, 5) is 35.9. The van der Waals surface area contributed by atoms with Gasteiger partial charge in [0, 0.05) is 24.8 Å². The highest BCUT2D eigenvalue weighted by Crippen LogP contribution is 2.13. The van der Waals surface area contributed by atoms with E-state index < -0.39 is 17.8 Å². The van der Waals surface area contributed by atoms with E-state index in [1.165, 1.54) is 50.6 Å². The molecule has 0 radical (unpaired) electrons. The molecule has 2 rings (SSSR count). The van der Waals surface area contributed by atoms with Gasteiger partial charge in [0.05, 0.1) is 19.3 Å². The molecule has 0 aliphatic rings. The first-order chi connectivity index (χ1) is 16.0. The molecule has 0 atom stereocenters. The summed E-state index contributed by atoms with van der Waals surface area (Å²) in [5, 5.41) is 0. The lowest BCUT2D eigenvalue weighted by Gasteiger charge is -2.09. The van der Waals surface area contributed by atoms with Gasteiger partial charge >= 0.3 is 5.97 Å². The summed E-state index contributed by atoms with van der Waals surface area (Å²) in [6.07, 6.45) is 6.81. The summed E-state index contributed by atoms with van der Waals surface area (Å²) in [6, 6.07) is 12.6. The van der Waals surface area contributed by atoms with E-state index >= 15 is 0 Å². The third-order valence-electron chi connectivity index (χ3n) is 4.99. The van der Waals surface area contributed by atoms with Crippen molar-refractivity contribution in [1.82, 2.24) is 10.9 Å². The molecule has 0 heterocycles. The summed E-state index contributed by atoms with van der Waals surface area (Å²) >= 11 is 0. The minimum absolute atomic E-state index is 0.293. The van der Waals surface area contributed by atoms with Gasteiger partial charge in [-0.05, 0) is 61.4 Å². The van der Waals surface area contributed by atoms with E-state index in [4.69, 9.17) is 9.47 Å². The van der Waals surface area contributed by atoms with Crippen molar-refractivity contribution in [2.75, 3.05) is 27.4 Å². The van der Waals surface area contributed by atoms with Crippen LogP contribution in [0.3, 0.4) is 0 Å². The molecule has 2 aromatic rings. The van der Waals surface area contributed by atoms with E-state index in [9.17, 15) is 14.4 Å². The van der Waals surface area contributed by atoms with Crippen LogP contribution in [0.25, 0.3) is 0 Å². The summed E-state index contributed by atoms with van der Waals surface area (Å²) in [5.74, 6) is -0.745. The van der Waals surface area contributed by atoms with Crippen molar-refractivity contribution < 1.29 is 28.6 Å². The van der Waals surface area contributed by atoms with Crippen molar-refractivity contribution in [1.29, 1.82) is 0 Å². The van der Waals surface area contributed by atoms with E-state index in [2.05, 4.69) is 15.6 Å². The fraction of sp³-hybridized carbons (Fsp3) is 0.400. The van der Waals surface area contributed by atoms with E-state index in [1.807, 2.05) is 0 Å². The van der Waals surface area contributed by atoms with Gasteiger partial charge in [0.15, 0.2) is 0 Å². The standard InChI is InChI=1S/C25H32N2O6/c1-31-17-7-5-3-4-6-8-18-33-22-15-13-20(14-16-22)24(29)27-26-23(28)19-9-11-21(12-10-19)25(30)32-2/h9-16H,3-8,17-18H2,1-2H3,(H,26,28)(H,27,29). The van der Waals surface area contributed by atoms with Crippen LogP contribution in [0, 0.1) is 0 Å². The van der Waals surface area contributed by atoms with Crippen molar-refractivity contribution in [3.63, 3.8) is 0 Å². The number of carbonyl (C=O) groups excluding carboxylic acids is 3. The van der Waals surface area contributed by atoms with Crippen LogP contribution in [0.2, 0.25) is 0 Å². The molecule has 0 aromatic heterocycles. The van der Waals surface area contributed by atoms with Crippen LogP contribution < -0.4 is 15.6 Å². The second-order valence-electron chi connectivity index (χ2n) is 7.46. The Morgan fingerprint density at radius 1 is 0.636 bits per heavy atom. The lowest BCUT2D eigenvalue weighted by molar-refractivity contribution is 0.0600. The molecule has 2 N–H and O–H groups in total. The van der Waals surface area contributed by atoms with Crippen molar-refractivity contribution >= 4 is 17.8 Å². The maximum atomic E-state index is 12.3.